The van der Waals surface area contributed by atoms with Crippen LogP contribution < -0.4 is 14.2 Å². The molecule has 1 aromatic carbocycles. The maximum atomic E-state index is 5.38. The number of hydrogen-bond donors (Lipinski definition) is 0. The summed E-state index contributed by atoms with van der Waals surface area (Å²) in [4.78, 5) is 0. The van der Waals surface area contributed by atoms with Crippen LogP contribution >= 0.6 is 0 Å². The maximum absolute atomic E-state index is 5.38. The third kappa shape index (κ3) is 3.53. The molecular weight excluding hydrogens is 276 g/mol. The Hall–Kier alpha value is -2.16. The summed E-state index contributed by atoms with van der Waals surface area (Å²) in [7, 11) is 4.87. The van der Waals surface area contributed by atoms with Crippen LogP contribution in [0.5, 0.6) is 17.2 Å². The standard InChI is InChI=1S/C19H24O3/c1-13-6-7-15(10-14(13)2)8-9-16-11-17(20-3)19(22-5)18(12-16)21-4/h7-9,11-12H,6,10H2,1-5H3/b9-8+. The average molecular weight is 300 g/mol. The molecule has 2 rings (SSSR count). The number of rotatable bonds is 5. The second-order valence-electron chi connectivity index (χ2n) is 5.51. The minimum atomic E-state index is 0.619. The molecule has 0 bridgehead atoms. The fraction of sp³-hybridized carbons (Fsp3) is 0.368. The molecule has 0 atom stereocenters. The first-order valence-electron chi connectivity index (χ1n) is 7.41. The van der Waals surface area contributed by atoms with Gasteiger partial charge in [-0.1, -0.05) is 29.4 Å². The molecule has 0 N–H and O–H groups in total. The first-order valence-corrected chi connectivity index (χ1v) is 7.41. The second-order valence-corrected chi connectivity index (χ2v) is 5.51. The summed E-state index contributed by atoms with van der Waals surface area (Å²) in [5.41, 5.74) is 5.31. The Morgan fingerprint density at radius 2 is 1.50 bits per heavy atom. The van der Waals surface area contributed by atoms with E-state index in [1.165, 1.54) is 16.7 Å². The van der Waals surface area contributed by atoms with Crippen LogP contribution in [-0.2, 0) is 0 Å². The predicted octanol–water partition coefficient (Wildman–Crippen LogP) is 4.78. The first kappa shape index (κ1) is 16.2. The Bertz CT molecular complexity index is 611. The summed E-state index contributed by atoms with van der Waals surface area (Å²) in [5.74, 6) is 1.96. The van der Waals surface area contributed by atoms with Gasteiger partial charge in [0.25, 0.3) is 0 Å². The SMILES string of the molecule is COc1cc(/C=C/C2=CCC(C)=C(C)C2)cc(OC)c1OC. The molecule has 3 nitrogen and oxygen atoms in total. The number of allylic oxidation sites excluding steroid dienone is 5. The first-order chi connectivity index (χ1) is 10.6. The highest BCUT2D eigenvalue weighted by molar-refractivity contribution is 5.63. The predicted molar refractivity (Wildman–Crippen MR) is 90.8 cm³/mol. The minimum Gasteiger partial charge on any atom is -0.493 e. The summed E-state index contributed by atoms with van der Waals surface area (Å²) in [5, 5.41) is 0. The van der Waals surface area contributed by atoms with E-state index in [-0.39, 0.29) is 0 Å². The molecule has 118 valence electrons. The Morgan fingerprint density at radius 1 is 0.864 bits per heavy atom. The molecule has 0 heterocycles. The van der Waals surface area contributed by atoms with Crippen molar-refractivity contribution in [3.8, 4) is 17.2 Å². The molecule has 0 radical (unpaired) electrons. The lowest BCUT2D eigenvalue weighted by atomic mass is 9.93. The molecule has 1 aromatic rings. The lowest BCUT2D eigenvalue weighted by Crippen LogP contribution is -1.96. The molecule has 0 fully saturated rings. The lowest BCUT2D eigenvalue weighted by Gasteiger charge is -2.14. The van der Waals surface area contributed by atoms with E-state index < -0.39 is 0 Å². The van der Waals surface area contributed by atoms with E-state index >= 15 is 0 Å². The van der Waals surface area contributed by atoms with Gasteiger partial charge < -0.3 is 14.2 Å². The van der Waals surface area contributed by atoms with Crippen molar-refractivity contribution in [1.29, 1.82) is 0 Å². The Morgan fingerprint density at radius 3 is 2.00 bits per heavy atom. The zero-order valence-corrected chi connectivity index (χ0v) is 14.0. The van der Waals surface area contributed by atoms with Gasteiger partial charge >= 0.3 is 0 Å². The quantitative estimate of drug-likeness (QED) is 0.732. The van der Waals surface area contributed by atoms with E-state index in [2.05, 4.69) is 32.1 Å². The van der Waals surface area contributed by atoms with Crippen molar-refractivity contribution in [2.75, 3.05) is 21.3 Å². The normalized spacial score (nSPS) is 15.0. The average Bonchev–Trinajstić information content (AvgIpc) is 2.54. The molecule has 0 aliphatic heterocycles. The Kier molecular flexibility index (Phi) is 5.31. The van der Waals surface area contributed by atoms with Crippen molar-refractivity contribution >= 4 is 6.08 Å². The monoisotopic (exact) mass is 300 g/mol. The number of hydrogen-bond acceptors (Lipinski definition) is 3. The van der Waals surface area contributed by atoms with Gasteiger partial charge in [-0.25, -0.2) is 0 Å². The van der Waals surface area contributed by atoms with Gasteiger partial charge in [-0.05, 0) is 50.0 Å². The van der Waals surface area contributed by atoms with E-state index in [0.717, 1.165) is 18.4 Å². The fourth-order valence-electron chi connectivity index (χ4n) is 2.52. The maximum Gasteiger partial charge on any atom is 0.203 e. The highest BCUT2D eigenvalue weighted by Gasteiger charge is 2.12. The largest absolute Gasteiger partial charge is 0.493 e. The van der Waals surface area contributed by atoms with Crippen LogP contribution in [-0.4, -0.2) is 21.3 Å². The molecule has 0 spiro atoms. The van der Waals surface area contributed by atoms with Crippen molar-refractivity contribution in [2.45, 2.75) is 26.7 Å². The van der Waals surface area contributed by atoms with Crippen molar-refractivity contribution in [3.63, 3.8) is 0 Å². The number of methoxy groups -OCH3 is 3. The van der Waals surface area contributed by atoms with Gasteiger partial charge in [-0.3, -0.25) is 0 Å². The molecule has 0 saturated carbocycles. The molecule has 0 saturated heterocycles. The van der Waals surface area contributed by atoms with Gasteiger partial charge in [0.15, 0.2) is 11.5 Å². The van der Waals surface area contributed by atoms with E-state index in [1.54, 1.807) is 21.3 Å². The van der Waals surface area contributed by atoms with E-state index in [4.69, 9.17) is 14.2 Å². The van der Waals surface area contributed by atoms with Crippen LogP contribution in [0.3, 0.4) is 0 Å². The summed E-state index contributed by atoms with van der Waals surface area (Å²) < 4.78 is 16.1. The molecule has 3 heteroatoms. The summed E-state index contributed by atoms with van der Waals surface area (Å²) in [6, 6.07) is 3.91. The van der Waals surface area contributed by atoms with E-state index in [0.29, 0.717) is 17.2 Å². The molecule has 1 aliphatic carbocycles. The van der Waals surface area contributed by atoms with Crippen LogP contribution in [0, 0.1) is 0 Å². The zero-order valence-electron chi connectivity index (χ0n) is 14.0. The molecule has 1 aliphatic rings. The van der Waals surface area contributed by atoms with E-state index in [9.17, 15) is 0 Å². The number of benzene rings is 1. The number of ether oxygens (including phenoxy) is 3. The lowest BCUT2D eigenvalue weighted by molar-refractivity contribution is 0.324. The van der Waals surface area contributed by atoms with Gasteiger partial charge in [-0.15, -0.1) is 0 Å². The van der Waals surface area contributed by atoms with Crippen LogP contribution in [0.4, 0.5) is 0 Å². The van der Waals surface area contributed by atoms with Crippen LogP contribution in [0.25, 0.3) is 6.08 Å². The van der Waals surface area contributed by atoms with Gasteiger partial charge in [0.1, 0.15) is 0 Å². The molecule has 22 heavy (non-hydrogen) atoms. The van der Waals surface area contributed by atoms with Gasteiger partial charge in [0.2, 0.25) is 5.75 Å². The van der Waals surface area contributed by atoms with Gasteiger partial charge in [0, 0.05) is 0 Å². The third-order valence-electron chi connectivity index (χ3n) is 4.05. The zero-order chi connectivity index (χ0) is 16.1. The topological polar surface area (TPSA) is 27.7 Å². The second kappa shape index (κ2) is 7.21. The third-order valence-corrected chi connectivity index (χ3v) is 4.05. The van der Waals surface area contributed by atoms with Crippen LogP contribution in [0.2, 0.25) is 0 Å². The molecule has 0 unspecified atom stereocenters. The highest BCUT2D eigenvalue weighted by atomic mass is 16.5. The molecule has 0 aromatic heterocycles. The summed E-state index contributed by atoms with van der Waals surface area (Å²) in [6.45, 7) is 4.40. The highest BCUT2D eigenvalue weighted by Crippen LogP contribution is 2.38. The van der Waals surface area contributed by atoms with Gasteiger partial charge in [-0.2, -0.15) is 0 Å². The fourth-order valence-corrected chi connectivity index (χ4v) is 2.52. The molecule has 0 amide bonds. The summed E-state index contributed by atoms with van der Waals surface area (Å²) >= 11 is 0. The van der Waals surface area contributed by atoms with Crippen molar-refractivity contribution < 1.29 is 14.2 Å². The minimum absolute atomic E-state index is 0.619. The molecular formula is C19H24O3. The Balaban J connectivity index is 2.25. The van der Waals surface area contributed by atoms with Crippen molar-refractivity contribution in [2.24, 2.45) is 0 Å². The van der Waals surface area contributed by atoms with Crippen LogP contribution in [0.15, 0.2) is 41.0 Å². The summed E-state index contributed by atoms with van der Waals surface area (Å²) in [6.07, 6.45) is 8.60. The van der Waals surface area contributed by atoms with Crippen molar-refractivity contribution in [3.05, 3.63) is 46.6 Å². The van der Waals surface area contributed by atoms with Gasteiger partial charge in [0.05, 0.1) is 21.3 Å². The van der Waals surface area contributed by atoms with E-state index in [1.807, 2.05) is 12.1 Å². The van der Waals surface area contributed by atoms with Crippen LogP contribution in [0.1, 0.15) is 32.3 Å². The smallest absolute Gasteiger partial charge is 0.203 e. The Labute approximate surface area is 132 Å². The van der Waals surface area contributed by atoms with Crippen molar-refractivity contribution in [1.82, 2.24) is 0 Å².